The molecule has 0 saturated heterocycles. The first-order chi connectivity index (χ1) is 9.58. The first-order valence-electron chi connectivity index (χ1n) is 5.83. The monoisotopic (exact) mass is 282 g/mol. The number of nitrogens with one attached hydrogen (secondary N) is 1. The Kier molecular flexibility index (Phi) is 4.36. The first kappa shape index (κ1) is 14.1. The summed E-state index contributed by atoms with van der Waals surface area (Å²) in [5.41, 5.74) is 0.308. The molecule has 0 spiro atoms. The van der Waals surface area contributed by atoms with E-state index in [1.807, 2.05) is 0 Å². The van der Waals surface area contributed by atoms with Crippen LogP contribution in [0.5, 0.6) is 0 Å². The van der Waals surface area contributed by atoms with Gasteiger partial charge in [-0.1, -0.05) is 5.21 Å². The molecule has 0 bridgehead atoms. The Morgan fingerprint density at radius 3 is 2.95 bits per heavy atom. The van der Waals surface area contributed by atoms with E-state index in [1.54, 1.807) is 0 Å². The van der Waals surface area contributed by atoms with Gasteiger partial charge in [0.1, 0.15) is 18.2 Å². The number of hydrogen-bond donors (Lipinski definition) is 2. The Morgan fingerprint density at radius 2 is 2.20 bits per heavy atom. The number of aliphatic hydroxyl groups excluding tert-OH is 1. The van der Waals surface area contributed by atoms with E-state index < -0.39 is 17.5 Å². The molecule has 0 fully saturated rings. The van der Waals surface area contributed by atoms with Crippen molar-refractivity contribution >= 4 is 11.6 Å². The fourth-order valence-corrected chi connectivity index (χ4v) is 1.58. The molecule has 1 aromatic heterocycles. The number of benzene rings is 1. The number of amides is 1. The zero-order valence-electron chi connectivity index (χ0n) is 10.4. The highest BCUT2D eigenvalue weighted by Crippen LogP contribution is 2.15. The Hall–Kier alpha value is -2.35. The normalized spacial score (nSPS) is 10.6. The Bertz CT molecular complexity index is 615. The minimum absolute atomic E-state index is 0.0700. The summed E-state index contributed by atoms with van der Waals surface area (Å²) in [6.45, 7) is -0.256. The summed E-state index contributed by atoms with van der Waals surface area (Å²) in [5, 5.41) is 18.4. The van der Waals surface area contributed by atoms with Gasteiger partial charge in [-0.15, -0.1) is 5.10 Å². The van der Waals surface area contributed by atoms with E-state index in [4.69, 9.17) is 5.11 Å². The third-order valence-electron chi connectivity index (χ3n) is 2.46. The van der Waals surface area contributed by atoms with Gasteiger partial charge in [0, 0.05) is 25.3 Å². The van der Waals surface area contributed by atoms with Gasteiger partial charge in [-0.05, 0) is 12.1 Å². The summed E-state index contributed by atoms with van der Waals surface area (Å²) in [6, 6.07) is 2.79. The molecule has 8 heteroatoms. The maximum atomic E-state index is 13.3. The van der Waals surface area contributed by atoms with Gasteiger partial charge in [0.2, 0.25) is 5.91 Å². The van der Waals surface area contributed by atoms with E-state index in [2.05, 4.69) is 15.6 Å². The second-order valence-corrected chi connectivity index (χ2v) is 4.05. The molecule has 1 heterocycles. The SMILES string of the molecule is O=C(Cn1cc(CCO)nn1)Nc1cc(F)ccc1F. The van der Waals surface area contributed by atoms with Crippen LogP contribution in [0.25, 0.3) is 0 Å². The van der Waals surface area contributed by atoms with Crippen molar-refractivity contribution in [2.75, 3.05) is 11.9 Å². The van der Waals surface area contributed by atoms with Crippen molar-refractivity contribution in [3.63, 3.8) is 0 Å². The van der Waals surface area contributed by atoms with Crippen LogP contribution in [0.3, 0.4) is 0 Å². The van der Waals surface area contributed by atoms with Gasteiger partial charge >= 0.3 is 0 Å². The summed E-state index contributed by atoms with van der Waals surface area (Å²) in [5.74, 6) is -1.93. The van der Waals surface area contributed by atoms with Gasteiger partial charge in [-0.25, -0.2) is 13.5 Å². The van der Waals surface area contributed by atoms with Crippen LogP contribution in [0.2, 0.25) is 0 Å². The van der Waals surface area contributed by atoms with Crippen molar-refractivity contribution in [2.45, 2.75) is 13.0 Å². The number of aromatic nitrogens is 3. The first-order valence-corrected chi connectivity index (χ1v) is 5.83. The largest absolute Gasteiger partial charge is 0.396 e. The molecule has 2 N–H and O–H groups in total. The highest BCUT2D eigenvalue weighted by Gasteiger charge is 2.10. The summed E-state index contributed by atoms with van der Waals surface area (Å²) in [4.78, 5) is 11.7. The quantitative estimate of drug-likeness (QED) is 0.847. The van der Waals surface area contributed by atoms with Crippen molar-refractivity contribution < 1.29 is 18.7 Å². The summed E-state index contributed by atoms with van der Waals surface area (Å²) < 4.78 is 27.5. The maximum Gasteiger partial charge on any atom is 0.246 e. The molecule has 2 rings (SSSR count). The van der Waals surface area contributed by atoms with Crippen LogP contribution in [0.15, 0.2) is 24.4 Å². The predicted molar refractivity (Wildman–Crippen MR) is 65.8 cm³/mol. The Labute approximate surface area is 113 Å². The third-order valence-corrected chi connectivity index (χ3v) is 2.46. The van der Waals surface area contributed by atoms with Crippen molar-refractivity contribution in [3.8, 4) is 0 Å². The number of aliphatic hydroxyl groups is 1. The molecule has 0 aliphatic heterocycles. The predicted octanol–water partition coefficient (Wildman–Crippen LogP) is 0.730. The van der Waals surface area contributed by atoms with Gasteiger partial charge in [0.25, 0.3) is 0 Å². The molecular weight excluding hydrogens is 270 g/mol. The molecule has 1 amide bonds. The van der Waals surface area contributed by atoms with Crippen LogP contribution in [-0.2, 0) is 17.8 Å². The lowest BCUT2D eigenvalue weighted by Gasteiger charge is -2.06. The molecule has 1 aromatic carbocycles. The highest BCUT2D eigenvalue weighted by atomic mass is 19.1. The number of carbonyl (C=O) groups is 1. The van der Waals surface area contributed by atoms with Crippen molar-refractivity contribution in [2.24, 2.45) is 0 Å². The number of halogens is 2. The van der Waals surface area contributed by atoms with E-state index >= 15 is 0 Å². The lowest BCUT2D eigenvalue weighted by molar-refractivity contribution is -0.116. The molecule has 0 aliphatic rings. The number of anilines is 1. The second-order valence-electron chi connectivity index (χ2n) is 4.05. The Morgan fingerprint density at radius 1 is 1.40 bits per heavy atom. The standard InChI is InChI=1S/C12H12F2N4O2/c13-8-1-2-10(14)11(5-8)15-12(20)7-18-6-9(3-4-19)16-17-18/h1-2,5-6,19H,3-4,7H2,(H,15,20). The molecule has 0 unspecified atom stereocenters. The minimum Gasteiger partial charge on any atom is -0.396 e. The summed E-state index contributed by atoms with van der Waals surface area (Å²) >= 11 is 0. The number of nitrogens with zero attached hydrogens (tertiary/aromatic N) is 3. The fraction of sp³-hybridized carbons (Fsp3) is 0.250. The van der Waals surface area contributed by atoms with Crippen LogP contribution in [0.1, 0.15) is 5.69 Å². The average Bonchev–Trinajstić information content (AvgIpc) is 2.81. The summed E-state index contributed by atoms with van der Waals surface area (Å²) in [6.07, 6.45) is 1.83. The van der Waals surface area contributed by atoms with Crippen LogP contribution < -0.4 is 5.32 Å². The zero-order chi connectivity index (χ0) is 14.5. The van der Waals surface area contributed by atoms with Crippen LogP contribution in [0.4, 0.5) is 14.5 Å². The minimum atomic E-state index is -0.723. The number of rotatable bonds is 5. The molecule has 0 atom stereocenters. The zero-order valence-corrected chi connectivity index (χ0v) is 10.4. The lowest BCUT2D eigenvalue weighted by atomic mass is 10.3. The molecule has 0 aliphatic carbocycles. The van der Waals surface area contributed by atoms with E-state index in [0.717, 1.165) is 18.2 Å². The van der Waals surface area contributed by atoms with E-state index in [9.17, 15) is 13.6 Å². The van der Waals surface area contributed by atoms with Crippen molar-refractivity contribution in [1.82, 2.24) is 15.0 Å². The van der Waals surface area contributed by atoms with Gasteiger partial charge in [0.15, 0.2) is 0 Å². The molecule has 20 heavy (non-hydrogen) atoms. The van der Waals surface area contributed by atoms with Gasteiger partial charge in [-0.3, -0.25) is 4.79 Å². The van der Waals surface area contributed by atoms with E-state index in [-0.39, 0.29) is 18.8 Å². The highest BCUT2D eigenvalue weighted by molar-refractivity contribution is 5.90. The third kappa shape index (κ3) is 3.58. The van der Waals surface area contributed by atoms with Crippen molar-refractivity contribution in [1.29, 1.82) is 0 Å². The topological polar surface area (TPSA) is 80.0 Å². The van der Waals surface area contributed by atoms with Crippen LogP contribution in [0, 0.1) is 11.6 Å². The fourth-order valence-electron chi connectivity index (χ4n) is 1.58. The number of hydrogen-bond acceptors (Lipinski definition) is 4. The number of carbonyl (C=O) groups excluding carboxylic acids is 1. The average molecular weight is 282 g/mol. The van der Waals surface area contributed by atoms with Gasteiger partial charge in [-0.2, -0.15) is 0 Å². The molecule has 0 radical (unpaired) electrons. The molecule has 2 aromatic rings. The molecular formula is C12H12F2N4O2. The van der Waals surface area contributed by atoms with Crippen LogP contribution in [-0.4, -0.2) is 32.6 Å². The van der Waals surface area contributed by atoms with Crippen molar-refractivity contribution in [3.05, 3.63) is 41.7 Å². The lowest BCUT2D eigenvalue weighted by Crippen LogP contribution is -2.19. The molecule has 106 valence electrons. The van der Waals surface area contributed by atoms with Gasteiger partial charge in [0.05, 0.1) is 11.4 Å². The summed E-state index contributed by atoms with van der Waals surface area (Å²) in [7, 11) is 0. The van der Waals surface area contributed by atoms with E-state index in [1.165, 1.54) is 10.9 Å². The molecule has 0 saturated carbocycles. The van der Waals surface area contributed by atoms with Crippen LogP contribution >= 0.6 is 0 Å². The van der Waals surface area contributed by atoms with E-state index in [0.29, 0.717) is 12.1 Å². The second kappa shape index (κ2) is 6.20. The van der Waals surface area contributed by atoms with Gasteiger partial charge < -0.3 is 10.4 Å². The smallest absolute Gasteiger partial charge is 0.246 e. The molecule has 6 nitrogen and oxygen atoms in total. The Balaban J connectivity index is 1.99. The maximum absolute atomic E-state index is 13.3.